The molecule has 3 unspecified atom stereocenters. The fourth-order valence-electron chi connectivity index (χ4n) is 3.52. The molecule has 6 nitrogen and oxygen atoms in total. The average molecular weight is 389 g/mol. The van der Waals surface area contributed by atoms with E-state index in [1.54, 1.807) is 7.05 Å². The quantitative estimate of drug-likeness (QED) is 0.473. The van der Waals surface area contributed by atoms with E-state index in [-0.39, 0.29) is 30.0 Å². The van der Waals surface area contributed by atoms with Gasteiger partial charge in [0.25, 0.3) is 0 Å². The van der Waals surface area contributed by atoms with Crippen molar-refractivity contribution in [3.8, 4) is 5.75 Å². The molecule has 1 fully saturated rings. The van der Waals surface area contributed by atoms with Crippen molar-refractivity contribution in [3.05, 3.63) is 30.3 Å². The van der Waals surface area contributed by atoms with Crippen molar-refractivity contribution in [2.75, 3.05) is 13.6 Å². The van der Waals surface area contributed by atoms with Crippen LogP contribution in [0.4, 0.5) is 0 Å². The van der Waals surface area contributed by atoms with Crippen LogP contribution in [-0.4, -0.2) is 43.6 Å². The number of carbonyl (C=O) groups is 1. The summed E-state index contributed by atoms with van der Waals surface area (Å²) in [6, 6.07) is 10.3. The molecule has 3 atom stereocenters. The molecule has 0 heterocycles. The molecule has 1 aliphatic carbocycles. The second kappa shape index (κ2) is 11.6. The van der Waals surface area contributed by atoms with Gasteiger partial charge < -0.3 is 20.7 Å². The third-order valence-electron chi connectivity index (χ3n) is 5.04. The van der Waals surface area contributed by atoms with E-state index in [4.69, 9.17) is 4.74 Å². The molecule has 0 saturated heterocycles. The number of hydrogen-bond donors (Lipinski definition) is 3. The fraction of sp³-hybridized carbons (Fsp3) is 0.636. The number of amides is 1. The van der Waals surface area contributed by atoms with Crippen LogP contribution in [-0.2, 0) is 4.79 Å². The number of hydrogen-bond acceptors (Lipinski definition) is 3. The first-order valence-corrected chi connectivity index (χ1v) is 10.5. The highest BCUT2D eigenvalue weighted by molar-refractivity contribution is 5.81. The zero-order valence-electron chi connectivity index (χ0n) is 17.7. The van der Waals surface area contributed by atoms with Crippen molar-refractivity contribution >= 4 is 11.9 Å². The van der Waals surface area contributed by atoms with E-state index in [2.05, 4.69) is 27.9 Å². The fourth-order valence-corrected chi connectivity index (χ4v) is 3.52. The van der Waals surface area contributed by atoms with Gasteiger partial charge in [-0.15, -0.1) is 0 Å². The van der Waals surface area contributed by atoms with Crippen LogP contribution < -0.4 is 20.7 Å². The summed E-state index contributed by atoms with van der Waals surface area (Å²) in [6.45, 7) is 6.80. The van der Waals surface area contributed by atoms with Gasteiger partial charge in [-0.2, -0.15) is 0 Å². The Bertz CT molecular complexity index is 618. The van der Waals surface area contributed by atoms with Crippen LogP contribution in [0.5, 0.6) is 5.75 Å². The highest BCUT2D eigenvalue weighted by Gasteiger charge is 2.28. The van der Waals surface area contributed by atoms with Gasteiger partial charge in [0.2, 0.25) is 5.91 Å². The number of ether oxygens (including phenoxy) is 1. The summed E-state index contributed by atoms with van der Waals surface area (Å²) in [5.41, 5.74) is 0. The third-order valence-corrected chi connectivity index (χ3v) is 5.04. The van der Waals surface area contributed by atoms with E-state index in [1.165, 1.54) is 0 Å². The molecule has 0 radical (unpaired) electrons. The van der Waals surface area contributed by atoms with E-state index in [1.807, 2.05) is 44.2 Å². The number of guanidine groups is 1. The zero-order chi connectivity index (χ0) is 20.4. The first kappa shape index (κ1) is 22.1. The van der Waals surface area contributed by atoms with Crippen molar-refractivity contribution in [3.63, 3.8) is 0 Å². The van der Waals surface area contributed by atoms with E-state index in [9.17, 15) is 4.79 Å². The molecule has 0 aromatic heterocycles. The molecule has 0 aliphatic heterocycles. The lowest BCUT2D eigenvalue weighted by Gasteiger charge is -2.31. The maximum absolute atomic E-state index is 12.3. The first-order chi connectivity index (χ1) is 13.5. The molecule has 0 spiro atoms. The normalized spacial score (nSPS) is 21.1. The second-order valence-corrected chi connectivity index (χ2v) is 7.78. The molecule has 0 bridgehead atoms. The van der Waals surface area contributed by atoms with E-state index < -0.39 is 0 Å². The molecule has 156 valence electrons. The topological polar surface area (TPSA) is 74.8 Å². The number of nitrogens with one attached hydrogen (secondary N) is 3. The van der Waals surface area contributed by atoms with Gasteiger partial charge >= 0.3 is 0 Å². The van der Waals surface area contributed by atoms with Gasteiger partial charge in [0.15, 0.2) is 5.96 Å². The summed E-state index contributed by atoms with van der Waals surface area (Å²) in [4.78, 5) is 16.7. The summed E-state index contributed by atoms with van der Waals surface area (Å²) < 4.78 is 6.04. The van der Waals surface area contributed by atoms with Gasteiger partial charge in [0.1, 0.15) is 11.9 Å². The Morgan fingerprint density at radius 1 is 1.25 bits per heavy atom. The number of benzene rings is 1. The van der Waals surface area contributed by atoms with Crippen LogP contribution >= 0.6 is 0 Å². The van der Waals surface area contributed by atoms with Crippen LogP contribution in [0.2, 0.25) is 0 Å². The standard InChI is InChI=1S/C22H36N4O2/c1-5-19(28-20-12-7-6-8-13-20)15-24-22(23-4)26-18-11-9-10-17(14-18)21(27)25-16(2)3/h6-8,12-13,16-19H,5,9-11,14-15H2,1-4H3,(H,25,27)(H2,23,24,26). The molecule has 6 heteroatoms. The molecule has 1 saturated carbocycles. The summed E-state index contributed by atoms with van der Waals surface area (Å²) in [5, 5.41) is 9.91. The molecule has 1 aromatic carbocycles. The Morgan fingerprint density at radius 3 is 2.64 bits per heavy atom. The lowest BCUT2D eigenvalue weighted by atomic mass is 9.85. The Hall–Kier alpha value is -2.24. The van der Waals surface area contributed by atoms with Crippen molar-refractivity contribution < 1.29 is 9.53 Å². The third kappa shape index (κ3) is 7.41. The Morgan fingerprint density at radius 2 is 2.00 bits per heavy atom. The monoisotopic (exact) mass is 388 g/mol. The molecule has 3 N–H and O–H groups in total. The van der Waals surface area contributed by atoms with Crippen molar-refractivity contribution in [2.24, 2.45) is 10.9 Å². The minimum absolute atomic E-state index is 0.0665. The summed E-state index contributed by atoms with van der Waals surface area (Å²) in [5.74, 6) is 1.90. The summed E-state index contributed by atoms with van der Waals surface area (Å²) >= 11 is 0. The number of aliphatic imine (C=N–C) groups is 1. The molecular weight excluding hydrogens is 352 g/mol. The Labute approximate surface area is 169 Å². The van der Waals surface area contributed by atoms with Crippen LogP contribution in [0.15, 0.2) is 35.3 Å². The van der Waals surface area contributed by atoms with Gasteiger partial charge in [-0.1, -0.05) is 31.5 Å². The Kier molecular flexibility index (Phi) is 9.11. The molecule has 1 aliphatic rings. The molecule has 2 rings (SSSR count). The smallest absolute Gasteiger partial charge is 0.223 e. The average Bonchev–Trinajstić information content (AvgIpc) is 2.70. The molecule has 1 amide bonds. The van der Waals surface area contributed by atoms with Gasteiger partial charge in [0, 0.05) is 25.0 Å². The summed E-state index contributed by atoms with van der Waals surface area (Å²) in [6.07, 6.45) is 4.89. The SMILES string of the molecule is CCC(CNC(=NC)NC1CCCC(C(=O)NC(C)C)C1)Oc1ccccc1. The lowest BCUT2D eigenvalue weighted by Crippen LogP contribution is -2.49. The van der Waals surface area contributed by atoms with Gasteiger partial charge in [-0.05, 0) is 51.7 Å². The predicted octanol–water partition coefficient (Wildman–Crippen LogP) is 3.09. The second-order valence-electron chi connectivity index (χ2n) is 7.78. The van der Waals surface area contributed by atoms with E-state index >= 15 is 0 Å². The van der Waals surface area contributed by atoms with Crippen LogP contribution in [0.25, 0.3) is 0 Å². The van der Waals surface area contributed by atoms with Crippen LogP contribution in [0, 0.1) is 5.92 Å². The highest BCUT2D eigenvalue weighted by Crippen LogP contribution is 2.24. The minimum atomic E-state index is 0.0665. The largest absolute Gasteiger partial charge is 0.489 e. The number of carbonyl (C=O) groups excluding carboxylic acids is 1. The van der Waals surface area contributed by atoms with E-state index in [0.717, 1.165) is 43.8 Å². The maximum Gasteiger partial charge on any atom is 0.223 e. The van der Waals surface area contributed by atoms with Crippen molar-refractivity contribution in [2.45, 2.75) is 71.1 Å². The molecular formula is C22H36N4O2. The lowest BCUT2D eigenvalue weighted by molar-refractivity contribution is -0.126. The molecule has 28 heavy (non-hydrogen) atoms. The maximum atomic E-state index is 12.3. The number of rotatable bonds is 8. The van der Waals surface area contributed by atoms with Crippen molar-refractivity contribution in [1.29, 1.82) is 0 Å². The van der Waals surface area contributed by atoms with Gasteiger partial charge in [-0.3, -0.25) is 9.79 Å². The van der Waals surface area contributed by atoms with Crippen molar-refractivity contribution in [1.82, 2.24) is 16.0 Å². The summed E-state index contributed by atoms with van der Waals surface area (Å²) in [7, 11) is 1.78. The number of nitrogens with zero attached hydrogens (tertiary/aromatic N) is 1. The van der Waals surface area contributed by atoms with Gasteiger partial charge in [0.05, 0.1) is 6.54 Å². The minimum Gasteiger partial charge on any atom is -0.489 e. The van der Waals surface area contributed by atoms with Crippen LogP contribution in [0.3, 0.4) is 0 Å². The van der Waals surface area contributed by atoms with E-state index in [0.29, 0.717) is 6.54 Å². The predicted molar refractivity (Wildman–Crippen MR) is 115 cm³/mol. The first-order valence-electron chi connectivity index (χ1n) is 10.5. The molecule has 1 aromatic rings. The van der Waals surface area contributed by atoms with Crippen LogP contribution in [0.1, 0.15) is 52.9 Å². The highest BCUT2D eigenvalue weighted by atomic mass is 16.5. The van der Waals surface area contributed by atoms with Gasteiger partial charge in [-0.25, -0.2) is 0 Å². The Balaban J connectivity index is 1.81. The zero-order valence-corrected chi connectivity index (χ0v) is 17.7. The number of para-hydroxylation sites is 1.